The Morgan fingerprint density at radius 1 is 1.08 bits per heavy atom. The van der Waals surface area contributed by atoms with Crippen molar-refractivity contribution in [2.24, 2.45) is 7.05 Å². The summed E-state index contributed by atoms with van der Waals surface area (Å²) in [7, 11) is 1.67. The smallest absolute Gasteiger partial charge is 0.259 e. The summed E-state index contributed by atoms with van der Waals surface area (Å²) in [6.45, 7) is 0. The number of aryl methyl sites for hydroxylation is 1. The number of hydrogen-bond acceptors (Lipinski definition) is 6. The van der Waals surface area contributed by atoms with Crippen molar-refractivity contribution in [3.63, 3.8) is 0 Å². The third kappa shape index (κ3) is 2.31. The van der Waals surface area contributed by atoms with Gasteiger partial charge >= 0.3 is 0 Å². The van der Waals surface area contributed by atoms with Crippen LogP contribution in [0.3, 0.4) is 0 Å². The summed E-state index contributed by atoms with van der Waals surface area (Å²) in [5, 5.41) is 10.5. The number of rotatable bonds is 2. The molecule has 0 aromatic carbocycles. The van der Waals surface area contributed by atoms with Gasteiger partial charge in [-0.05, 0) is 36.4 Å². The van der Waals surface area contributed by atoms with Crippen molar-refractivity contribution in [1.82, 2.24) is 24.2 Å². The lowest BCUT2D eigenvalue weighted by atomic mass is 10.2. The minimum atomic E-state index is -0.171. The van der Waals surface area contributed by atoms with Crippen LogP contribution in [0.25, 0.3) is 33.8 Å². The molecule has 0 atom stereocenters. The zero-order valence-electron chi connectivity index (χ0n) is 13.3. The number of aromatic nitrogens is 5. The first-order valence-corrected chi connectivity index (χ1v) is 7.52. The summed E-state index contributed by atoms with van der Waals surface area (Å²) >= 11 is 0. The molecule has 0 bridgehead atoms. The van der Waals surface area contributed by atoms with E-state index in [2.05, 4.69) is 15.0 Å². The van der Waals surface area contributed by atoms with Gasteiger partial charge in [-0.1, -0.05) is 0 Å². The second-order valence-electron chi connectivity index (χ2n) is 5.56. The molecule has 124 valence electrons. The van der Waals surface area contributed by atoms with Gasteiger partial charge in [0.1, 0.15) is 11.3 Å². The van der Waals surface area contributed by atoms with Gasteiger partial charge in [0, 0.05) is 19.4 Å². The van der Waals surface area contributed by atoms with Crippen LogP contribution in [0.2, 0.25) is 0 Å². The third-order valence-corrected chi connectivity index (χ3v) is 3.96. The van der Waals surface area contributed by atoms with E-state index in [9.17, 15) is 10.0 Å². The van der Waals surface area contributed by atoms with E-state index in [0.717, 1.165) is 4.73 Å². The summed E-state index contributed by atoms with van der Waals surface area (Å²) in [5.41, 5.74) is 7.80. The van der Waals surface area contributed by atoms with E-state index < -0.39 is 0 Å². The largest absolute Gasteiger partial charge is 0.425 e. The van der Waals surface area contributed by atoms with Crippen LogP contribution in [-0.4, -0.2) is 29.5 Å². The maximum Gasteiger partial charge on any atom is 0.259 e. The zero-order chi connectivity index (χ0) is 17.6. The highest BCUT2D eigenvalue weighted by molar-refractivity contribution is 5.81. The Bertz CT molecular complexity index is 1160. The fourth-order valence-corrected chi connectivity index (χ4v) is 2.67. The predicted molar refractivity (Wildman–Crippen MR) is 93.0 cm³/mol. The number of fused-ring (bicyclic) bond motifs is 1. The second kappa shape index (κ2) is 5.45. The standard InChI is InChI=1S/C17H14N6O2/c1-22-9-3-5-10(17(22)24)12-6-7-13-16(20-12)23(25)15(21-13)11-4-2-8-19-14(11)18/h2-9,25H,1H3,(H2,18,19). The van der Waals surface area contributed by atoms with E-state index in [1.54, 1.807) is 55.8 Å². The molecule has 0 unspecified atom stereocenters. The van der Waals surface area contributed by atoms with Gasteiger partial charge < -0.3 is 15.5 Å². The fourth-order valence-electron chi connectivity index (χ4n) is 2.67. The molecule has 0 radical (unpaired) electrons. The predicted octanol–water partition coefficient (Wildman–Crippen LogP) is 1.68. The number of nitrogens with two attached hydrogens (primary N) is 1. The highest BCUT2D eigenvalue weighted by atomic mass is 16.5. The van der Waals surface area contributed by atoms with E-state index in [1.165, 1.54) is 4.57 Å². The first kappa shape index (κ1) is 14.9. The first-order chi connectivity index (χ1) is 12.1. The molecule has 0 saturated carbocycles. The Morgan fingerprint density at radius 2 is 1.88 bits per heavy atom. The Kier molecular flexibility index (Phi) is 3.24. The molecule has 3 N–H and O–H groups in total. The minimum Gasteiger partial charge on any atom is -0.425 e. The van der Waals surface area contributed by atoms with Crippen LogP contribution >= 0.6 is 0 Å². The van der Waals surface area contributed by atoms with E-state index in [4.69, 9.17) is 5.73 Å². The molecule has 0 aliphatic carbocycles. The number of imidazole rings is 1. The average molecular weight is 334 g/mol. The molecular formula is C17H14N6O2. The van der Waals surface area contributed by atoms with Crippen LogP contribution in [0.15, 0.2) is 53.6 Å². The van der Waals surface area contributed by atoms with Crippen LogP contribution in [0.1, 0.15) is 0 Å². The highest BCUT2D eigenvalue weighted by Crippen LogP contribution is 2.26. The quantitative estimate of drug-likeness (QED) is 0.539. The number of nitrogens with zero attached hydrogens (tertiary/aromatic N) is 5. The molecule has 0 saturated heterocycles. The molecule has 0 amide bonds. The molecule has 4 aromatic rings. The molecule has 8 nitrogen and oxygen atoms in total. The Morgan fingerprint density at radius 3 is 2.68 bits per heavy atom. The van der Waals surface area contributed by atoms with Gasteiger partial charge in [0.25, 0.3) is 5.56 Å². The molecule has 4 aromatic heterocycles. The Balaban J connectivity index is 1.93. The van der Waals surface area contributed by atoms with Crippen molar-refractivity contribution in [3.8, 4) is 22.6 Å². The molecular weight excluding hydrogens is 320 g/mol. The molecule has 0 aliphatic rings. The van der Waals surface area contributed by atoms with E-state index in [1.807, 2.05) is 0 Å². The van der Waals surface area contributed by atoms with Gasteiger partial charge in [-0.25, -0.2) is 15.0 Å². The summed E-state index contributed by atoms with van der Waals surface area (Å²) in [6, 6.07) is 10.3. The van der Waals surface area contributed by atoms with Crippen molar-refractivity contribution < 1.29 is 5.21 Å². The molecule has 4 heterocycles. The zero-order valence-corrected chi connectivity index (χ0v) is 13.3. The van der Waals surface area contributed by atoms with Gasteiger partial charge in [-0.2, -0.15) is 0 Å². The van der Waals surface area contributed by atoms with Crippen molar-refractivity contribution in [2.45, 2.75) is 0 Å². The SMILES string of the molecule is Cn1cccc(-c2ccc3nc(-c4cccnc4N)n(O)c3n2)c1=O. The maximum atomic E-state index is 12.3. The van der Waals surface area contributed by atoms with Crippen molar-refractivity contribution in [3.05, 3.63) is 59.1 Å². The second-order valence-corrected chi connectivity index (χ2v) is 5.56. The van der Waals surface area contributed by atoms with Crippen molar-refractivity contribution >= 4 is 17.0 Å². The summed E-state index contributed by atoms with van der Waals surface area (Å²) in [6.07, 6.45) is 3.23. The number of hydrogen-bond donors (Lipinski definition) is 2. The van der Waals surface area contributed by atoms with Crippen LogP contribution < -0.4 is 11.3 Å². The lowest BCUT2D eigenvalue weighted by Crippen LogP contribution is -2.17. The minimum absolute atomic E-state index is 0.171. The summed E-state index contributed by atoms with van der Waals surface area (Å²) < 4.78 is 2.33. The third-order valence-electron chi connectivity index (χ3n) is 3.96. The van der Waals surface area contributed by atoms with Crippen LogP contribution in [-0.2, 0) is 7.05 Å². The van der Waals surface area contributed by atoms with Crippen molar-refractivity contribution in [1.29, 1.82) is 0 Å². The van der Waals surface area contributed by atoms with E-state index in [-0.39, 0.29) is 22.8 Å². The van der Waals surface area contributed by atoms with E-state index in [0.29, 0.717) is 22.3 Å². The lowest BCUT2D eigenvalue weighted by molar-refractivity contribution is 0.201. The lowest BCUT2D eigenvalue weighted by Gasteiger charge is -2.04. The van der Waals surface area contributed by atoms with Gasteiger partial charge in [0.05, 0.1) is 16.8 Å². The Labute approximate surface area is 141 Å². The van der Waals surface area contributed by atoms with Gasteiger partial charge in [-0.3, -0.25) is 4.79 Å². The first-order valence-electron chi connectivity index (χ1n) is 7.52. The fraction of sp³-hybridized carbons (Fsp3) is 0.0588. The van der Waals surface area contributed by atoms with E-state index >= 15 is 0 Å². The van der Waals surface area contributed by atoms with Crippen molar-refractivity contribution in [2.75, 3.05) is 5.73 Å². The van der Waals surface area contributed by atoms with Gasteiger partial charge in [0.15, 0.2) is 11.5 Å². The molecule has 25 heavy (non-hydrogen) atoms. The van der Waals surface area contributed by atoms with Crippen LogP contribution in [0.4, 0.5) is 5.82 Å². The highest BCUT2D eigenvalue weighted by Gasteiger charge is 2.17. The number of pyridine rings is 3. The molecule has 0 fully saturated rings. The molecule has 8 heteroatoms. The summed E-state index contributed by atoms with van der Waals surface area (Å²) in [5.74, 6) is 0.497. The Hall–Kier alpha value is -3.68. The normalized spacial score (nSPS) is 11.1. The summed E-state index contributed by atoms with van der Waals surface area (Å²) in [4.78, 5) is 25.0. The topological polar surface area (TPSA) is 112 Å². The molecule has 4 rings (SSSR count). The van der Waals surface area contributed by atoms with Crippen LogP contribution in [0, 0.1) is 0 Å². The number of nitrogen functional groups attached to an aromatic ring is 1. The van der Waals surface area contributed by atoms with Gasteiger partial charge in [-0.15, -0.1) is 4.73 Å². The molecule has 0 spiro atoms. The number of anilines is 1. The van der Waals surface area contributed by atoms with Crippen LogP contribution in [0.5, 0.6) is 0 Å². The van der Waals surface area contributed by atoms with Gasteiger partial charge in [0.2, 0.25) is 0 Å². The maximum absolute atomic E-state index is 12.3. The molecule has 0 aliphatic heterocycles. The average Bonchev–Trinajstić information content (AvgIpc) is 2.94. The monoisotopic (exact) mass is 334 g/mol.